The molecule has 1 aliphatic heterocycles. The molecule has 1 rings (SSSR count). The average molecular weight is 194 g/mol. The van der Waals surface area contributed by atoms with Crippen LogP contribution in [0.3, 0.4) is 0 Å². The fraction of sp³-hybridized carbons (Fsp3) is 0.556. The van der Waals surface area contributed by atoms with Crippen molar-refractivity contribution in [1.82, 2.24) is 0 Å². The highest BCUT2D eigenvalue weighted by molar-refractivity contribution is 6.00. The maximum atomic E-state index is 8.64. The van der Waals surface area contributed by atoms with Gasteiger partial charge in [-0.1, -0.05) is 0 Å². The van der Waals surface area contributed by atoms with Gasteiger partial charge in [-0.05, 0) is 12.8 Å². The molecule has 5 heteroatoms. The fourth-order valence-corrected chi connectivity index (χ4v) is 1.26. The highest BCUT2D eigenvalue weighted by Gasteiger charge is 2.13. The predicted molar refractivity (Wildman–Crippen MR) is 53.3 cm³/mol. The normalized spacial score (nSPS) is 20.5. The molecular formula is C9H14N4O. The molecule has 5 nitrogen and oxygen atoms in total. The van der Waals surface area contributed by atoms with E-state index in [4.69, 9.17) is 21.5 Å². The third kappa shape index (κ3) is 2.75. The van der Waals surface area contributed by atoms with E-state index in [2.05, 4.69) is 4.99 Å². The van der Waals surface area contributed by atoms with E-state index in [-0.39, 0.29) is 17.5 Å². The van der Waals surface area contributed by atoms with Gasteiger partial charge in [-0.2, -0.15) is 5.26 Å². The number of hydrogen-bond donors (Lipinski definition) is 2. The van der Waals surface area contributed by atoms with Crippen molar-refractivity contribution in [3.05, 3.63) is 11.8 Å². The zero-order chi connectivity index (χ0) is 10.4. The van der Waals surface area contributed by atoms with Crippen molar-refractivity contribution in [3.63, 3.8) is 0 Å². The number of amidine groups is 1. The number of nitriles is 1. The third-order valence-corrected chi connectivity index (χ3v) is 2.08. The van der Waals surface area contributed by atoms with E-state index >= 15 is 0 Å². The van der Waals surface area contributed by atoms with Gasteiger partial charge >= 0.3 is 0 Å². The van der Waals surface area contributed by atoms with E-state index in [9.17, 15) is 0 Å². The van der Waals surface area contributed by atoms with E-state index in [1.54, 1.807) is 0 Å². The number of aliphatic imine (C=N–C) groups is 1. The largest absolute Gasteiger partial charge is 0.403 e. The smallest absolute Gasteiger partial charge is 0.138 e. The highest BCUT2D eigenvalue weighted by Crippen LogP contribution is 2.10. The van der Waals surface area contributed by atoms with Gasteiger partial charge in [0.25, 0.3) is 0 Å². The van der Waals surface area contributed by atoms with E-state index in [0.29, 0.717) is 13.2 Å². The van der Waals surface area contributed by atoms with Crippen molar-refractivity contribution in [2.45, 2.75) is 18.9 Å². The summed E-state index contributed by atoms with van der Waals surface area (Å²) in [6.07, 6.45) is 2.88. The Kier molecular flexibility index (Phi) is 3.95. The number of rotatable bonds is 2. The molecule has 0 bridgehead atoms. The topological polar surface area (TPSA) is 97.4 Å². The summed E-state index contributed by atoms with van der Waals surface area (Å²) in [6.45, 7) is 1.41. The Hall–Kier alpha value is -1.54. The molecule has 1 fully saturated rings. The maximum Gasteiger partial charge on any atom is 0.138 e. The molecular weight excluding hydrogens is 180 g/mol. The summed E-state index contributed by atoms with van der Waals surface area (Å²) < 4.78 is 5.18. The second-order valence-electron chi connectivity index (χ2n) is 3.05. The summed E-state index contributed by atoms with van der Waals surface area (Å²) in [5, 5.41) is 8.64. The second kappa shape index (κ2) is 5.25. The van der Waals surface area contributed by atoms with Crippen LogP contribution in [0.2, 0.25) is 0 Å². The molecule has 0 saturated carbocycles. The molecule has 0 unspecified atom stereocenters. The van der Waals surface area contributed by atoms with Crippen molar-refractivity contribution in [2.24, 2.45) is 16.5 Å². The fourth-order valence-electron chi connectivity index (χ4n) is 1.26. The van der Waals surface area contributed by atoms with Crippen molar-refractivity contribution in [3.8, 4) is 6.07 Å². The molecule has 4 N–H and O–H groups in total. The average Bonchev–Trinajstić information content (AvgIpc) is 2.21. The quantitative estimate of drug-likeness (QED) is 0.364. The van der Waals surface area contributed by atoms with Crippen molar-refractivity contribution in [2.75, 3.05) is 13.2 Å². The Morgan fingerprint density at radius 1 is 1.50 bits per heavy atom. The molecule has 14 heavy (non-hydrogen) atoms. The van der Waals surface area contributed by atoms with Crippen LogP contribution >= 0.6 is 0 Å². The number of ether oxygens (including phenoxy) is 1. The highest BCUT2D eigenvalue weighted by atomic mass is 16.5. The van der Waals surface area contributed by atoms with Crippen LogP contribution in [0.15, 0.2) is 16.8 Å². The Morgan fingerprint density at radius 3 is 2.64 bits per heavy atom. The van der Waals surface area contributed by atoms with Crippen LogP contribution in [-0.2, 0) is 4.74 Å². The summed E-state index contributed by atoms with van der Waals surface area (Å²) in [5.41, 5.74) is 11.1. The van der Waals surface area contributed by atoms with Gasteiger partial charge in [0.05, 0.1) is 6.04 Å². The van der Waals surface area contributed by atoms with Gasteiger partial charge in [-0.3, -0.25) is 4.99 Å². The van der Waals surface area contributed by atoms with Gasteiger partial charge < -0.3 is 16.2 Å². The van der Waals surface area contributed by atoms with Crippen LogP contribution < -0.4 is 11.5 Å². The van der Waals surface area contributed by atoms with Gasteiger partial charge in [0.2, 0.25) is 0 Å². The van der Waals surface area contributed by atoms with Crippen molar-refractivity contribution >= 4 is 5.84 Å². The summed E-state index contributed by atoms with van der Waals surface area (Å²) >= 11 is 0. The lowest BCUT2D eigenvalue weighted by Gasteiger charge is -2.18. The van der Waals surface area contributed by atoms with E-state index in [1.807, 2.05) is 6.07 Å². The molecule has 76 valence electrons. The molecule has 1 aliphatic rings. The lowest BCUT2D eigenvalue weighted by atomic mass is 10.1. The first-order valence-electron chi connectivity index (χ1n) is 4.51. The predicted octanol–water partition coefficient (Wildman–Crippen LogP) is -0.111. The first-order chi connectivity index (χ1) is 6.77. The van der Waals surface area contributed by atoms with E-state index < -0.39 is 0 Å². The monoisotopic (exact) mass is 194 g/mol. The number of nitrogens with two attached hydrogens (primary N) is 2. The molecule has 0 aromatic heterocycles. The Morgan fingerprint density at radius 2 is 2.14 bits per heavy atom. The van der Waals surface area contributed by atoms with Gasteiger partial charge in [0.15, 0.2) is 0 Å². The molecule has 0 aromatic rings. The SMILES string of the molecule is N#CC(=CN)C(N)=NC1CCOCC1. The first kappa shape index (κ1) is 10.5. The van der Waals surface area contributed by atoms with Crippen LogP contribution in [0, 0.1) is 11.3 Å². The molecule has 0 spiro atoms. The molecule has 0 aliphatic carbocycles. The summed E-state index contributed by atoms with van der Waals surface area (Å²) in [5.74, 6) is 0.224. The Labute approximate surface area is 83.0 Å². The van der Waals surface area contributed by atoms with Crippen molar-refractivity contribution in [1.29, 1.82) is 5.26 Å². The zero-order valence-electron chi connectivity index (χ0n) is 7.94. The third-order valence-electron chi connectivity index (χ3n) is 2.08. The summed E-state index contributed by atoms with van der Waals surface area (Å²) in [6, 6.07) is 2.05. The van der Waals surface area contributed by atoms with Gasteiger partial charge in [0, 0.05) is 19.4 Å². The molecule has 0 atom stereocenters. The second-order valence-corrected chi connectivity index (χ2v) is 3.05. The van der Waals surface area contributed by atoms with Crippen LogP contribution in [0.25, 0.3) is 0 Å². The molecule has 0 aromatic carbocycles. The van der Waals surface area contributed by atoms with Gasteiger partial charge in [0.1, 0.15) is 17.5 Å². The first-order valence-corrected chi connectivity index (χ1v) is 4.51. The summed E-state index contributed by atoms with van der Waals surface area (Å²) in [4.78, 5) is 4.22. The van der Waals surface area contributed by atoms with Gasteiger partial charge in [-0.25, -0.2) is 0 Å². The lowest BCUT2D eigenvalue weighted by molar-refractivity contribution is 0.0871. The number of hydrogen-bond acceptors (Lipinski definition) is 4. The van der Waals surface area contributed by atoms with Crippen LogP contribution in [0.5, 0.6) is 0 Å². The van der Waals surface area contributed by atoms with Crippen LogP contribution in [0.4, 0.5) is 0 Å². The van der Waals surface area contributed by atoms with Crippen LogP contribution in [0.1, 0.15) is 12.8 Å². The zero-order valence-corrected chi connectivity index (χ0v) is 7.94. The molecule has 0 radical (unpaired) electrons. The van der Waals surface area contributed by atoms with E-state index in [0.717, 1.165) is 12.8 Å². The minimum absolute atomic E-state index is 0.159. The maximum absolute atomic E-state index is 8.64. The molecule has 0 amide bonds. The van der Waals surface area contributed by atoms with E-state index in [1.165, 1.54) is 6.20 Å². The van der Waals surface area contributed by atoms with Crippen molar-refractivity contribution < 1.29 is 4.74 Å². The standard InChI is InChI=1S/C9H14N4O/c10-5-7(6-11)9(12)13-8-1-3-14-4-2-8/h5,8H,1-4,10H2,(H2,12,13). The van der Waals surface area contributed by atoms with Crippen LogP contribution in [-0.4, -0.2) is 25.1 Å². The Balaban J connectivity index is 2.62. The molecule has 1 saturated heterocycles. The minimum Gasteiger partial charge on any atom is -0.403 e. The molecule has 1 heterocycles. The minimum atomic E-state index is 0.159. The number of nitrogens with zero attached hydrogens (tertiary/aromatic N) is 2. The summed E-state index contributed by atoms with van der Waals surface area (Å²) in [7, 11) is 0. The van der Waals surface area contributed by atoms with Gasteiger partial charge in [-0.15, -0.1) is 0 Å². The Bertz CT molecular complexity index is 284. The lowest BCUT2D eigenvalue weighted by Crippen LogP contribution is -2.24.